The van der Waals surface area contributed by atoms with Crippen LogP contribution in [0.1, 0.15) is 49.3 Å². The quantitative estimate of drug-likeness (QED) is 0.892. The van der Waals surface area contributed by atoms with Crippen LogP contribution < -0.4 is 5.73 Å². The molecule has 0 bridgehead atoms. The van der Waals surface area contributed by atoms with Crippen molar-refractivity contribution in [2.24, 2.45) is 11.7 Å². The third-order valence-corrected chi connectivity index (χ3v) is 4.57. The fraction of sp³-hybridized carbons (Fsp3) is 0.692. The van der Waals surface area contributed by atoms with Crippen LogP contribution in [0.5, 0.6) is 0 Å². The van der Waals surface area contributed by atoms with Crippen LogP contribution in [-0.2, 0) is 0 Å². The number of nitrogens with zero attached hydrogens (tertiary/aromatic N) is 2. The van der Waals surface area contributed by atoms with Gasteiger partial charge in [-0.05, 0) is 47.7 Å². The Balaban J connectivity index is 2.21. The average molecular weight is 329 g/mol. The molecule has 1 amide bonds. The van der Waals surface area contributed by atoms with Gasteiger partial charge in [0.05, 0.1) is 10.2 Å². The minimum Gasteiger partial charge on any atom is -0.334 e. The van der Waals surface area contributed by atoms with E-state index < -0.39 is 0 Å². The van der Waals surface area contributed by atoms with Crippen LogP contribution in [0, 0.1) is 5.92 Å². The van der Waals surface area contributed by atoms with Gasteiger partial charge in [-0.1, -0.05) is 13.8 Å². The lowest BCUT2D eigenvalue weighted by atomic mass is 10.1. The SMILES string of the molecule is CC(C)c1[nH]nc(C(=O)N2CC(CN)CC2C)c1Br. The van der Waals surface area contributed by atoms with E-state index in [2.05, 4.69) is 46.9 Å². The van der Waals surface area contributed by atoms with E-state index in [1.165, 1.54) is 0 Å². The van der Waals surface area contributed by atoms with Gasteiger partial charge in [-0.15, -0.1) is 0 Å². The van der Waals surface area contributed by atoms with Crippen molar-refractivity contribution in [3.63, 3.8) is 0 Å². The fourth-order valence-corrected chi connectivity index (χ4v) is 3.40. The second kappa shape index (κ2) is 5.63. The first-order valence-corrected chi connectivity index (χ1v) is 7.49. The largest absolute Gasteiger partial charge is 0.334 e. The summed E-state index contributed by atoms with van der Waals surface area (Å²) in [6, 6.07) is 0.229. The number of aromatic amines is 1. The minimum absolute atomic E-state index is 0.0153. The molecule has 6 heteroatoms. The topological polar surface area (TPSA) is 75.0 Å². The van der Waals surface area contributed by atoms with Crippen molar-refractivity contribution in [3.05, 3.63) is 15.9 Å². The van der Waals surface area contributed by atoms with Gasteiger partial charge in [0.25, 0.3) is 5.91 Å². The van der Waals surface area contributed by atoms with Crippen molar-refractivity contribution in [2.45, 2.75) is 39.2 Å². The van der Waals surface area contributed by atoms with Crippen molar-refractivity contribution in [2.75, 3.05) is 13.1 Å². The number of nitrogens with two attached hydrogens (primary N) is 1. The highest BCUT2D eigenvalue weighted by Gasteiger charge is 2.34. The molecule has 0 saturated carbocycles. The van der Waals surface area contributed by atoms with Crippen LogP contribution >= 0.6 is 15.9 Å². The molecule has 2 unspecified atom stereocenters. The molecule has 1 saturated heterocycles. The number of H-pyrrole nitrogens is 1. The molecule has 1 fully saturated rings. The number of aromatic nitrogens is 2. The highest BCUT2D eigenvalue weighted by atomic mass is 79.9. The zero-order valence-electron chi connectivity index (χ0n) is 11.6. The Morgan fingerprint density at radius 1 is 1.63 bits per heavy atom. The number of likely N-dealkylation sites (tertiary alicyclic amines) is 1. The Kier molecular flexibility index (Phi) is 4.30. The number of carbonyl (C=O) groups excluding carboxylic acids is 1. The molecular formula is C13H21BrN4O. The number of nitrogens with one attached hydrogen (secondary N) is 1. The van der Waals surface area contributed by atoms with E-state index >= 15 is 0 Å². The predicted molar refractivity (Wildman–Crippen MR) is 78.0 cm³/mol. The van der Waals surface area contributed by atoms with Gasteiger partial charge in [0, 0.05) is 12.6 Å². The average Bonchev–Trinajstić information content (AvgIpc) is 2.91. The molecule has 3 N–H and O–H groups in total. The van der Waals surface area contributed by atoms with E-state index in [0.29, 0.717) is 24.1 Å². The van der Waals surface area contributed by atoms with Crippen molar-refractivity contribution < 1.29 is 4.79 Å². The third-order valence-electron chi connectivity index (χ3n) is 3.77. The van der Waals surface area contributed by atoms with Gasteiger partial charge in [0.2, 0.25) is 0 Å². The molecule has 0 spiro atoms. The van der Waals surface area contributed by atoms with Crippen LogP contribution in [0.15, 0.2) is 4.47 Å². The van der Waals surface area contributed by atoms with E-state index in [4.69, 9.17) is 5.73 Å². The number of carbonyl (C=O) groups is 1. The molecule has 0 radical (unpaired) electrons. The van der Waals surface area contributed by atoms with Crippen molar-refractivity contribution >= 4 is 21.8 Å². The van der Waals surface area contributed by atoms with Gasteiger partial charge in [-0.3, -0.25) is 9.89 Å². The number of halogens is 1. The van der Waals surface area contributed by atoms with Gasteiger partial charge in [-0.2, -0.15) is 5.10 Å². The molecule has 1 aromatic rings. The molecule has 0 aliphatic carbocycles. The summed E-state index contributed by atoms with van der Waals surface area (Å²) in [5.74, 6) is 0.691. The molecule has 1 aromatic heterocycles. The molecule has 19 heavy (non-hydrogen) atoms. The van der Waals surface area contributed by atoms with Crippen molar-refractivity contribution in [1.29, 1.82) is 0 Å². The van der Waals surface area contributed by atoms with E-state index in [-0.39, 0.29) is 11.9 Å². The van der Waals surface area contributed by atoms with Crippen LogP contribution in [0.3, 0.4) is 0 Å². The summed E-state index contributed by atoms with van der Waals surface area (Å²) in [6.07, 6.45) is 0.974. The van der Waals surface area contributed by atoms with E-state index in [1.54, 1.807) is 0 Å². The number of hydrogen-bond donors (Lipinski definition) is 2. The summed E-state index contributed by atoms with van der Waals surface area (Å²) < 4.78 is 0.788. The predicted octanol–water partition coefficient (Wildman–Crippen LogP) is 2.10. The Bertz CT molecular complexity index is 471. The van der Waals surface area contributed by atoms with Crippen molar-refractivity contribution in [1.82, 2.24) is 15.1 Å². The molecule has 2 rings (SSSR count). The van der Waals surface area contributed by atoms with Crippen LogP contribution in [-0.4, -0.2) is 40.1 Å². The van der Waals surface area contributed by atoms with E-state index in [9.17, 15) is 4.79 Å². The van der Waals surface area contributed by atoms with Crippen LogP contribution in [0.2, 0.25) is 0 Å². The zero-order valence-corrected chi connectivity index (χ0v) is 13.2. The molecule has 5 nitrogen and oxygen atoms in total. The lowest BCUT2D eigenvalue weighted by Crippen LogP contribution is -2.34. The van der Waals surface area contributed by atoms with Gasteiger partial charge in [0.15, 0.2) is 5.69 Å². The monoisotopic (exact) mass is 328 g/mol. The second-order valence-corrected chi connectivity index (χ2v) is 6.39. The molecule has 1 aliphatic heterocycles. The fourth-order valence-electron chi connectivity index (χ4n) is 2.60. The summed E-state index contributed by atoms with van der Waals surface area (Å²) in [6.45, 7) is 7.56. The normalized spacial score (nSPS) is 23.4. The molecule has 2 atom stereocenters. The summed E-state index contributed by atoms with van der Waals surface area (Å²) in [4.78, 5) is 14.4. The maximum absolute atomic E-state index is 12.5. The Hall–Kier alpha value is -0.880. The standard InChI is InChI=1S/C13H21BrN4O/c1-7(2)11-10(14)12(17-16-11)13(19)18-6-9(5-15)4-8(18)3/h7-9H,4-6,15H2,1-3H3,(H,16,17). The third kappa shape index (κ3) is 2.69. The van der Waals surface area contributed by atoms with Crippen LogP contribution in [0.25, 0.3) is 0 Å². The Labute approximate surface area is 122 Å². The van der Waals surface area contributed by atoms with Gasteiger partial charge < -0.3 is 10.6 Å². The van der Waals surface area contributed by atoms with E-state index in [0.717, 1.165) is 23.1 Å². The molecule has 0 aromatic carbocycles. The maximum Gasteiger partial charge on any atom is 0.275 e. The Morgan fingerprint density at radius 3 is 2.79 bits per heavy atom. The summed E-state index contributed by atoms with van der Waals surface area (Å²) in [5.41, 5.74) is 7.15. The van der Waals surface area contributed by atoms with Crippen LogP contribution in [0.4, 0.5) is 0 Å². The highest BCUT2D eigenvalue weighted by molar-refractivity contribution is 9.10. The summed E-state index contributed by atoms with van der Waals surface area (Å²) in [7, 11) is 0. The second-order valence-electron chi connectivity index (χ2n) is 5.60. The van der Waals surface area contributed by atoms with E-state index in [1.807, 2.05) is 4.90 Å². The first-order valence-electron chi connectivity index (χ1n) is 6.70. The van der Waals surface area contributed by atoms with Gasteiger partial charge >= 0.3 is 0 Å². The lowest BCUT2D eigenvalue weighted by molar-refractivity contribution is 0.0736. The molecule has 2 heterocycles. The van der Waals surface area contributed by atoms with Crippen molar-refractivity contribution in [3.8, 4) is 0 Å². The summed E-state index contributed by atoms with van der Waals surface area (Å²) >= 11 is 3.49. The summed E-state index contributed by atoms with van der Waals surface area (Å²) in [5, 5.41) is 7.12. The number of hydrogen-bond acceptors (Lipinski definition) is 3. The van der Waals surface area contributed by atoms with Gasteiger partial charge in [0.1, 0.15) is 0 Å². The van der Waals surface area contributed by atoms with Gasteiger partial charge in [-0.25, -0.2) is 0 Å². The molecule has 106 valence electrons. The first-order chi connectivity index (χ1) is 8.95. The smallest absolute Gasteiger partial charge is 0.275 e. The molecular weight excluding hydrogens is 308 g/mol. The highest BCUT2D eigenvalue weighted by Crippen LogP contribution is 2.29. The lowest BCUT2D eigenvalue weighted by Gasteiger charge is -2.20. The minimum atomic E-state index is -0.0153. The first kappa shape index (κ1) is 14.5. The number of amides is 1. The number of rotatable bonds is 3. The Morgan fingerprint density at radius 2 is 2.32 bits per heavy atom. The maximum atomic E-state index is 12.5. The zero-order chi connectivity index (χ0) is 14.2. The molecule has 1 aliphatic rings.